The fraction of sp³-hybridized carbons (Fsp3) is 0.842. The van der Waals surface area contributed by atoms with Crippen LogP contribution in [0.1, 0.15) is 76.0 Å². The molecule has 130 valence electrons. The second-order valence-electron chi connectivity index (χ2n) is 8.46. The molecule has 1 saturated carbocycles. The standard InChI is InChI=1S/C19H33N3O/c1-18(2)13-19(23-14-18)9-7-15(8-10-19)17-16(12-21-22-17)6-4-5-11-20-3/h12,15,20H,4-11,13-14H2,1-3H3,(H,21,22). The van der Waals surface area contributed by atoms with Crippen molar-refractivity contribution in [2.75, 3.05) is 20.2 Å². The average Bonchev–Trinajstić information content (AvgIpc) is 3.10. The molecule has 2 fully saturated rings. The topological polar surface area (TPSA) is 49.9 Å². The molecule has 0 unspecified atom stereocenters. The summed E-state index contributed by atoms with van der Waals surface area (Å²) in [6, 6.07) is 0. The number of unbranched alkanes of at least 4 members (excludes halogenated alkanes) is 1. The van der Waals surface area contributed by atoms with Crippen LogP contribution < -0.4 is 5.32 Å². The lowest BCUT2D eigenvalue weighted by Gasteiger charge is -2.37. The SMILES string of the molecule is CNCCCCc1cn[nH]c1C1CCC2(CC1)CC(C)(C)CO2. The number of aromatic nitrogens is 2. The molecule has 1 saturated heterocycles. The Morgan fingerprint density at radius 2 is 2.09 bits per heavy atom. The van der Waals surface area contributed by atoms with Crippen molar-refractivity contribution < 1.29 is 4.74 Å². The van der Waals surface area contributed by atoms with Crippen molar-refractivity contribution in [3.63, 3.8) is 0 Å². The largest absolute Gasteiger partial charge is 0.374 e. The highest BCUT2D eigenvalue weighted by molar-refractivity contribution is 5.22. The van der Waals surface area contributed by atoms with Crippen molar-refractivity contribution in [2.24, 2.45) is 5.41 Å². The highest BCUT2D eigenvalue weighted by atomic mass is 16.5. The zero-order chi connectivity index (χ0) is 16.3. The van der Waals surface area contributed by atoms with E-state index in [2.05, 4.69) is 29.4 Å². The summed E-state index contributed by atoms with van der Waals surface area (Å²) in [5.41, 5.74) is 3.38. The maximum absolute atomic E-state index is 6.25. The van der Waals surface area contributed by atoms with Crippen LogP contribution in [-0.2, 0) is 11.2 Å². The third-order valence-electron chi connectivity index (χ3n) is 5.75. The fourth-order valence-electron chi connectivity index (χ4n) is 4.57. The minimum absolute atomic E-state index is 0.174. The molecule has 2 aliphatic rings. The van der Waals surface area contributed by atoms with Crippen LogP contribution in [-0.4, -0.2) is 36.0 Å². The molecule has 0 atom stereocenters. The molecule has 0 aromatic carbocycles. The van der Waals surface area contributed by atoms with Gasteiger partial charge < -0.3 is 10.1 Å². The lowest BCUT2D eigenvalue weighted by Crippen LogP contribution is -2.33. The van der Waals surface area contributed by atoms with E-state index < -0.39 is 0 Å². The number of hydrogen-bond donors (Lipinski definition) is 2. The van der Waals surface area contributed by atoms with Crippen molar-refractivity contribution in [2.45, 2.75) is 76.7 Å². The number of ether oxygens (including phenoxy) is 1. The van der Waals surface area contributed by atoms with Gasteiger partial charge in [-0.3, -0.25) is 5.10 Å². The number of rotatable bonds is 6. The molecule has 1 aliphatic carbocycles. The summed E-state index contributed by atoms with van der Waals surface area (Å²) in [4.78, 5) is 0. The number of aryl methyl sites for hydroxylation is 1. The van der Waals surface area contributed by atoms with E-state index in [1.807, 2.05) is 13.2 Å². The van der Waals surface area contributed by atoms with E-state index >= 15 is 0 Å². The number of aromatic amines is 1. The Bertz CT molecular complexity index is 500. The van der Waals surface area contributed by atoms with Gasteiger partial charge in [-0.15, -0.1) is 0 Å². The minimum Gasteiger partial charge on any atom is -0.374 e. The average molecular weight is 319 g/mol. The first kappa shape index (κ1) is 17.0. The second kappa shape index (κ2) is 6.94. The van der Waals surface area contributed by atoms with Gasteiger partial charge in [0, 0.05) is 11.6 Å². The van der Waals surface area contributed by atoms with Gasteiger partial charge in [0.05, 0.1) is 18.4 Å². The van der Waals surface area contributed by atoms with Gasteiger partial charge in [-0.05, 0) is 75.9 Å². The maximum atomic E-state index is 6.25. The summed E-state index contributed by atoms with van der Waals surface area (Å²) in [5, 5.41) is 10.9. The van der Waals surface area contributed by atoms with Gasteiger partial charge in [-0.25, -0.2) is 0 Å². The maximum Gasteiger partial charge on any atom is 0.0689 e. The van der Waals surface area contributed by atoms with Crippen LogP contribution in [0.5, 0.6) is 0 Å². The molecule has 4 heteroatoms. The minimum atomic E-state index is 0.174. The molecule has 1 spiro atoms. The Balaban J connectivity index is 1.55. The summed E-state index contributed by atoms with van der Waals surface area (Å²) in [6.07, 6.45) is 11.8. The van der Waals surface area contributed by atoms with Crippen LogP contribution in [0.3, 0.4) is 0 Å². The van der Waals surface area contributed by atoms with Crippen LogP contribution in [0.15, 0.2) is 6.20 Å². The zero-order valence-electron chi connectivity index (χ0n) is 15.1. The molecule has 1 aromatic heterocycles. The summed E-state index contributed by atoms with van der Waals surface area (Å²) in [6.45, 7) is 6.71. The summed E-state index contributed by atoms with van der Waals surface area (Å²) in [7, 11) is 2.02. The molecule has 3 rings (SSSR count). The van der Waals surface area contributed by atoms with Gasteiger partial charge in [0.15, 0.2) is 0 Å². The molecule has 1 aromatic rings. The van der Waals surface area contributed by atoms with Gasteiger partial charge in [0.25, 0.3) is 0 Å². The van der Waals surface area contributed by atoms with E-state index in [-0.39, 0.29) is 5.60 Å². The second-order valence-corrected chi connectivity index (χ2v) is 8.46. The normalized spacial score (nSPS) is 30.1. The Labute approximate surface area is 140 Å². The zero-order valence-corrected chi connectivity index (χ0v) is 15.1. The quantitative estimate of drug-likeness (QED) is 0.784. The van der Waals surface area contributed by atoms with E-state index in [1.54, 1.807) is 0 Å². The van der Waals surface area contributed by atoms with E-state index in [0.717, 1.165) is 19.6 Å². The first-order valence-electron chi connectivity index (χ1n) is 9.34. The first-order valence-corrected chi connectivity index (χ1v) is 9.34. The third kappa shape index (κ3) is 3.97. The molecule has 0 bridgehead atoms. The molecule has 0 amide bonds. The number of nitrogens with one attached hydrogen (secondary N) is 2. The van der Waals surface area contributed by atoms with Crippen LogP contribution in [0.2, 0.25) is 0 Å². The summed E-state index contributed by atoms with van der Waals surface area (Å²) < 4.78 is 6.25. The predicted octanol–water partition coefficient (Wildman–Crippen LogP) is 3.79. The van der Waals surface area contributed by atoms with Crippen LogP contribution in [0, 0.1) is 5.41 Å². The smallest absolute Gasteiger partial charge is 0.0689 e. The molecule has 23 heavy (non-hydrogen) atoms. The van der Waals surface area contributed by atoms with E-state index in [0.29, 0.717) is 11.3 Å². The highest BCUT2D eigenvalue weighted by Crippen LogP contribution is 2.49. The Morgan fingerprint density at radius 3 is 2.74 bits per heavy atom. The molecule has 1 aliphatic heterocycles. The number of H-pyrrole nitrogens is 1. The van der Waals surface area contributed by atoms with Crippen LogP contribution in [0.4, 0.5) is 0 Å². The van der Waals surface area contributed by atoms with Gasteiger partial charge in [-0.2, -0.15) is 5.10 Å². The van der Waals surface area contributed by atoms with Crippen LogP contribution >= 0.6 is 0 Å². The lowest BCUT2D eigenvalue weighted by molar-refractivity contribution is -0.0296. The number of hydrogen-bond acceptors (Lipinski definition) is 3. The molecule has 4 nitrogen and oxygen atoms in total. The molecule has 2 N–H and O–H groups in total. The molecule has 0 radical (unpaired) electrons. The third-order valence-corrected chi connectivity index (χ3v) is 5.75. The van der Waals surface area contributed by atoms with E-state index in [4.69, 9.17) is 4.74 Å². The first-order chi connectivity index (χ1) is 11.0. The van der Waals surface area contributed by atoms with Gasteiger partial charge in [-0.1, -0.05) is 13.8 Å². The molecular formula is C19H33N3O. The summed E-state index contributed by atoms with van der Waals surface area (Å²) in [5.74, 6) is 0.648. The van der Waals surface area contributed by atoms with E-state index in [9.17, 15) is 0 Å². The van der Waals surface area contributed by atoms with Gasteiger partial charge in [0.1, 0.15) is 0 Å². The van der Waals surface area contributed by atoms with Crippen molar-refractivity contribution in [3.8, 4) is 0 Å². The number of nitrogens with zero attached hydrogens (tertiary/aromatic N) is 1. The Kier molecular flexibility index (Phi) is 5.12. The van der Waals surface area contributed by atoms with Crippen LogP contribution in [0.25, 0.3) is 0 Å². The van der Waals surface area contributed by atoms with Gasteiger partial charge in [0.2, 0.25) is 0 Å². The van der Waals surface area contributed by atoms with Crippen molar-refractivity contribution in [1.29, 1.82) is 0 Å². The van der Waals surface area contributed by atoms with E-state index in [1.165, 1.54) is 56.2 Å². The van der Waals surface area contributed by atoms with Crippen molar-refractivity contribution in [1.82, 2.24) is 15.5 Å². The predicted molar refractivity (Wildman–Crippen MR) is 93.7 cm³/mol. The Morgan fingerprint density at radius 1 is 1.30 bits per heavy atom. The van der Waals surface area contributed by atoms with Crippen molar-refractivity contribution in [3.05, 3.63) is 17.5 Å². The monoisotopic (exact) mass is 319 g/mol. The van der Waals surface area contributed by atoms with Crippen molar-refractivity contribution >= 4 is 0 Å². The van der Waals surface area contributed by atoms with Gasteiger partial charge >= 0.3 is 0 Å². The summed E-state index contributed by atoms with van der Waals surface area (Å²) >= 11 is 0. The fourth-order valence-corrected chi connectivity index (χ4v) is 4.57. The highest BCUT2D eigenvalue weighted by Gasteiger charge is 2.46. The Hall–Kier alpha value is -0.870. The lowest BCUT2D eigenvalue weighted by atomic mass is 9.72. The molecular weight excluding hydrogens is 286 g/mol. The molecule has 2 heterocycles.